The maximum absolute atomic E-state index is 7.15. The molecule has 8 aromatic carbocycles. The van der Waals surface area contributed by atoms with E-state index in [0.717, 1.165) is 117 Å². The summed E-state index contributed by atoms with van der Waals surface area (Å²) >= 11 is 0. The highest BCUT2D eigenvalue weighted by Gasteiger charge is 2.51. The van der Waals surface area contributed by atoms with Crippen molar-refractivity contribution in [3.8, 4) is 39.5 Å². The number of aromatic nitrogens is 4. The van der Waals surface area contributed by atoms with Crippen molar-refractivity contribution in [2.75, 3.05) is 19.8 Å². The molecule has 0 saturated carbocycles. The van der Waals surface area contributed by atoms with Gasteiger partial charge in [-0.1, -0.05) is 533 Å². The van der Waals surface area contributed by atoms with Crippen molar-refractivity contribution < 1.29 is 14.2 Å². The molecule has 3 aliphatic rings. The van der Waals surface area contributed by atoms with Crippen LogP contribution in [0.4, 0.5) is 0 Å². The Bertz CT molecular complexity index is 6050. The average molecular weight is 2010 g/mol. The van der Waals surface area contributed by atoms with Gasteiger partial charge in [0, 0.05) is 61.4 Å². The van der Waals surface area contributed by atoms with E-state index in [1.807, 2.05) is 0 Å². The highest BCUT2D eigenvalue weighted by molar-refractivity contribution is 7.23. The van der Waals surface area contributed by atoms with E-state index in [-0.39, 0.29) is 0 Å². The van der Waals surface area contributed by atoms with Crippen LogP contribution in [-0.4, -0.2) is 55.9 Å². The second-order valence-corrected chi connectivity index (χ2v) is 52.0. The van der Waals surface area contributed by atoms with E-state index in [9.17, 15) is 0 Å². The first-order valence-corrected chi connectivity index (χ1v) is 64.8. The van der Waals surface area contributed by atoms with Crippen molar-refractivity contribution >= 4 is 80.9 Å². The molecule has 786 valence electrons. The van der Waals surface area contributed by atoms with Gasteiger partial charge in [0.1, 0.15) is 17.2 Å². The first kappa shape index (κ1) is 111. The molecule has 4 aromatic heterocycles. The van der Waals surface area contributed by atoms with Crippen LogP contribution in [0.2, 0.25) is 0 Å². The second-order valence-electron chi connectivity index (χ2n) is 44.6. The number of unbranched alkanes of at least 4 members (excludes halogenated alkanes) is 55. The first-order chi connectivity index (χ1) is 72.8. The Kier molecular flexibility index (Phi) is 47.0. The lowest BCUT2D eigenvalue weighted by Gasteiger charge is -2.32. The normalized spacial score (nSPS) is 14.4. The minimum Gasteiger partial charge on any atom is -0.494 e. The summed E-state index contributed by atoms with van der Waals surface area (Å²) in [5.74, 6) is 2.80. The molecule has 0 saturated heterocycles. The fourth-order valence-electron chi connectivity index (χ4n) is 24.6. The van der Waals surface area contributed by atoms with E-state index in [0.29, 0.717) is 13.2 Å². The third-order valence-electron chi connectivity index (χ3n) is 33.0. The van der Waals surface area contributed by atoms with E-state index in [2.05, 4.69) is 291 Å². The molecular formula is C138H188N4O3Si2. The summed E-state index contributed by atoms with van der Waals surface area (Å²) in [5.41, 5.74) is 16.9. The van der Waals surface area contributed by atoms with Crippen LogP contribution in [0, 0.1) is 0 Å². The molecule has 12 aromatic rings. The Morgan fingerprint density at radius 2 is 0.524 bits per heavy atom. The highest BCUT2D eigenvalue weighted by atomic mass is 28.3. The molecule has 3 aliphatic heterocycles. The molecule has 147 heavy (non-hydrogen) atoms. The molecule has 0 fully saturated rings. The van der Waals surface area contributed by atoms with Crippen molar-refractivity contribution in [3.63, 3.8) is 0 Å². The van der Waals surface area contributed by atoms with Gasteiger partial charge in [0.25, 0.3) is 0 Å². The zero-order chi connectivity index (χ0) is 101. The predicted molar refractivity (Wildman–Crippen MR) is 639 cm³/mol. The van der Waals surface area contributed by atoms with E-state index in [1.54, 1.807) is 0 Å². The number of nitrogens with one attached hydrogen (secondary N) is 4. The number of hydrogen-bond donors (Lipinski definition) is 4. The van der Waals surface area contributed by atoms with Crippen molar-refractivity contribution in [2.24, 2.45) is 0 Å². The summed E-state index contributed by atoms with van der Waals surface area (Å²) in [6, 6.07) is 89.0. The first-order valence-electron chi connectivity index (χ1n) is 60.8. The SMILES string of the molecule is CCCCCCCCCCCCCCCCCCCCc1ccc([Si]2(c3cc(OCCCCCCCCCCCC)cc(OCCCCCCCCCCCC)c3)c3ccccc3-c3ccc(C4=c5ccc([nH]5)=Cc5ccc([nH]5)C(c5ccc6c(c5)[Si](c5ccc(OCCCCCCCCCCCCCCCC)cc5)(c5cccc(CCCCCCCCCC)c5)c5ccccc5-6)=c5ccc([nH]5)=Cc5ccc4[nH]5)cc32)cc1. The zero-order valence-corrected chi connectivity index (χ0v) is 94.2. The van der Waals surface area contributed by atoms with Gasteiger partial charge in [0.2, 0.25) is 0 Å². The van der Waals surface area contributed by atoms with Crippen LogP contribution in [0.5, 0.6) is 17.2 Å². The van der Waals surface area contributed by atoms with Gasteiger partial charge in [-0.25, -0.2) is 0 Å². The van der Waals surface area contributed by atoms with Gasteiger partial charge in [0.15, 0.2) is 16.1 Å². The smallest absolute Gasteiger partial charge is 0.181 e. The molecular weight excluding hydrogens is 1820 g/mol. The van der Waals surface area contributed by atoms with Crippen molar-refractivity contribution in [1.82, 2.24) is 19.9 Å². The number of benzene rings is 8. The summed E-state index contributed by atoms with van der Waals surface area (Å²) in [4.78, 5) is 16.3. The van der Waals surface area contributed by atoms with Crippen LogP contribution in [0.3, 0.4) is 0 Å². The fraction of sp³-hybridized carbons (Fsp3) is 0.507. The largest absolute Gasteiger partial charge is 0.494 e. The van der Waals surface area contributed by atoms with Gasteiger partial charge in [0.05, 0.1) is 19.8 Å². The summed E-state index contributed by atoms with van der Waals surface area (Å²) < 4.78 is 21.0. The number of ether oxygens (including phenoxy) is 3. The Hall–Kier alpha value is -9.81. The minimum absolute atomic E-state index is 0.687. The zero-order valence-electron chi connectivity index (χ0n) is 92.2. The van der Waals surface area contributed by atoms with Gasteiger partial charge < -0.3 is 34.1 Å². The molecule has 0 radical (unpaired) electrons. The Morgan fingerprint density at radius 1 is 0.204 bits per heavy atom. The fourth-order valence-corrected chi connectivity index (χ4v) is 35.1. The molecule has 0 spiro atoms. The summed E-state index contributed by atoms with van der Waals surface area (Å²) in [5, 5.41) is 15.4. The molecule has 15 rings (SSSR count). The molecule has 8 bridgehead atoms. The van der Waals surface area contributed by atoms with Crippen LogP contribution in [0.25, 0.3) is 45.6 Å². The second kappa shape index (κ2) is 62.1. The van der Waals surface area contributed by atoms with Gasteiger partial charge in [-0.3, -0.25) is 0 Å². The van der Waals surface area contributed by atoms with Crippen molar-refractivity contribution in [2.45, 2.75) is 433 Å². The van der Waals surface area contributed by atoms with Crippen molar-refractivity contribution in [3.05, 3.63) is 291 Å². The number of aryl methyl sites for hydroxylation is 2. The molecule has 7 nitrogen and oxygen atoms in total. The minimum atomic E-state index is -3.25. The average Bonchev–Trinajstić information content (AvgIpc) is 1.54. The molecule has 2 unspecified atom stereocenters. The van der Waals surface area contributed by atoms with E-state index in [1.165, 1.54) is 446 Å². The van der Waals surface area contributed by atoms with Crippen LogP contribution in [0.1, 0.15) is 465 Å². The molecule has 2 atom stereocenters. The molecule has 7 heterocycles. The number of hydrogen-bond acceptors (Lipinski definition) is 3. The lowest BCUT2D eigenvalue weighted by molar-refractivity contribution is 0.290. The van der Waals surface area contributed by atoms with Gasteiger partial charge in [-0.15, -0.1) is 0 Å². The molecule has 4 N–H and O–H groups in total. The van der Waals surface area contributed by atoms with Crippen molar-refractivity contribution in [1.29, 1.82) is 0 Å². The maximum atomic E-state index is 7.15. The monoisotopic (exact) mass is 2010 g/mol. The van der Waals surface area contributed by atoms with Crippen LogP contribution in [0.15, 0.2) is 224 Å². The molecule has 9 heteroatoms. The van der Waals surface area contributed by atoms with Crippen LogP contribution < -0.4 is 77.1 Å². The van der Waals surface area contributed by atoms with Gasteiger partial charge in [-0.05, 0) is 216 Å². The molecule has 0 aliphatic carbocycles. The maximum Gasteiger partial charge on any atom is 0.181 e. The quantitative estimate of drug-likeness (QED) is 0.0226. The van der Waals surface area contributed by atoms with Crippen LogP contribution in [-0.2, 0) is 12.8 Å². The summed E-state index contributed by atoms with van der Waals surface area (Å²) in [6.07, 6.45) is 86.9. The third kappa shape index (κ3) is 31.9. The number of H-pyrrole nitrogens is 4. The predicted octanol–water partition coefficient (Wildman–Crippen LogP) is 31.9. The molecule has 0 amide bonds. The number of aromatic amines is 4. The Morgan fingerprint density at radius 3 is 0.898 bits per heavy atom. The highest BCUT2D eigenvalue weighted by Crippen LogP contribution is 2.37. The van der Waals surface area contributed by atoms with E-state index >= 15 is 0 Å². The third-order valence-corrected chi connectivity index (χ3v) is 42.6. The number of rotatable bonds is 74. The lowest BCUT2D eigenvalue weighted by atomic mass is 9.98. The summed E-state index contributed by atoms with van der Waals surface area (Å²) in [7, 11) is -6.28. The lowest BCUT2D eigenvalue weighted by Crippen LogP contribution is -2.72. The topological polar surface area (TPSA) is 90.8 Å². The Balaban J connectivity index is 0.744. The van der Waals surface area contributed by atoms with E-state index < -0.39 is 16.1 Å². The Labute approximate surface area is 891 Å². The van der Waals surface area contributed by atoms with Gasteiger partial charge in [-0.2, -0.15) is 0 Å². The number of fused-ring (bicyclic) bond motifs is 14. The van der Waals surface area contributed by atoms with Gasteiger partial charge >= 0.3 is 0 Å². The van der Waals surface area contributed by atoms with Crippen LogP contribution >= 0.6 is 0 Å². The standard InChI is InChI=1S/C138H188N4O3Si2/c1-6-11-16-21-26-31-35-37-39-40-41-42-43-45-47-52-56-61-71-110-79-89-121(90-80-110)147(124-108-119(144-100-68-59-54-48-33-28-23-18-13-8-3)107-120(109-124)145-101-69-60-55-49-34-29-24-19-14-9-4)134-78-66-64-76-126(134)128-94-82-113(104-136(128)147)138-131-97-85-116(141-131)105-114-83-95-129(139-114)137(130-96-84-115(140-130)106-117-86-98-132(138)142-117)112-81-93-127-125-75-63-65-77-133(125)146(135(127)103-112,123-74-70-73-111(102-123)72-62-57-51-30-25-20-15-10-5)122-91-87-118(88-92-122)143-99-67-58-53-50-46-44-38-36-32-27-22-17-12-7-2/h63-66,70,73-98,102-109,139-142H,6-62,67-69,71-72,99-101H2,1-5H3. The van der Waals surface area contributed by atoms with E-state index in [4.69, 9.17) is 14.2 Å². The summed E-state index contributed by atoms with van der Waals surface area (Å²) in [6.45, 7) is 13.7.